The van der Waals surface area contributed by atoms with E-state index in [1.165, 1.54) is 0 Å². The Morgan fingerprint density at radius 2 is 1.79 bits per heavy atom. The van der Waals surface area contributed by atoms with E-state index in [9.17, 15) is 10.4 Å². The van der Waals surface area contributed by atoms with Crippen LogP contribution in [0.4, 0.5) is 5.69 Å². The maximum Gasteiger partial charge on any atom is 0.205 e. The van der Waals surface area contributed by atoms with E-state index < -0.39 is 5.92 Å². The number of aromatic hydroxyl groups is 1. The summed E-state index contributed by atoms with van der Waals surface area (Å²) in [4.78, 5) is 4.48. The van der Waals surface area contributed by atoms with E-state index in [1.807, 2.05) is 54.6 Å². The van der Waals surface area contributed by atoms with E-state index in [0.29, 0.717) is 16.9 Å². The van der Waals surface area contributed by atoms with Crippen LogP contribution in [-0.2, 0) is 0 Å². The molecule has 1 atom stereocenters. The van der Waals surface area contributed by atoms with Gasteiger partial charge in [0, 0.05) is 15.3 Å². The number of nitriles is 1. The molecule has 0 saturated carbocycles. The number of benzene rings is 3. The highest BCUT2D eigenvalue weighted by atomic mass is 127. The zero-order chi connectivity index (χ0) is 20.4. The van der Waals surface area contributed by atoms with Crippen LogP contribution >= 0.6 is 22.6 Å². The zero-order valence-corrected chi connectivity index (χ0v) is 17.4. The van der Waals surface area contributed by atoms with Gasteiger partial charge in [0.15, 0.2) is 0 Å². The molecule has 0 fully saturated rings. The van der Waals surface area contributed by atoms with Crippen molar-refractivity contribution in [2.24, 2.45) is 10.7 Å². The molecule has 3 N–H and O–H groups in total. The first kappa shape index (κ1) is 19.0. The molecular weight excluding hydrogens is 477 g/mol. The van der Waals surface area contributed by atoms with Crippen LogP contribution in [0.15, 0.2) is 83.2 Å². The fourth-order valence-corrected chi connectivity index (χ4v) is 3.68. The van der Waals surface area contributed by atoms with Gasteiger partial charge in [0.1, 0.15) is 23.1 Å². The lowest BCUT2D eigenvalue weighted by atomic mass is 9.82. The summed E-state index contributed by atoms with van der Waals surface area (Å²) >= 11 is 2.22. The third kappa shape index (κ3) is 3.69. The minimum atomic E-state index is -0.522. The first-order chi connectivity index (χ1) is 14.1. The molecule has 1 heterocycles. The maximum absolute atomic E-state index is 10.7. The molecule has 0 bridgehead atoms. The normalized spacial score (nSPS) is 15.7. The number of fused-ring (bicyclic) bond motifs is 1. The highest BCUT2D eigenvalue weighted by Crippen LogP contribution is 2.47. The molecule has 1 aliphatic rings. The van der Waals surface area contributed by atoms with Gasteiger partial charge < -0.3 is 15.6 Å². The summed E-state index contributed by atoms with van der Waals surface area (Å²) in [6, 6.07) is 22.7. The summed E-state index contributed by atoms with van der Waals surface area (Å²) in [5, 5.41) is 20.4. The van der Waals surface area contributed by atoms with Crippen molar-refractivity contribution in [1.82, 2.24) is 0 Å². The highest BCUT2D eigenvalue weighted by Gasteiger charge is 2.34. The number of hydrogen-bond donors (Lipinski definition) is 2. The van der Waals surface area contributed by atoms with Crippen molar-refractivity contribution < 1.29 is 9.84 Å². The largest absolute Gasteiger partial charge is 0.507 e. The van der Waals surface area contributed by atoms with Crippen LogP contribution in [0.5, 0.6) is 11.5 Å². The van der Waals surface area contributed by atoms with Gasteiger partial charge in [-0.15, -0.1) is 0 Å². The van der Waals surface area contributed by atoms with Crippen molar-refractivity contribution in [2.45, 2.75) is 5.92 Å². The molecule has 0 aliphatic carbocycles. The van der Waals surface area contributed by atoms with E-state index in [0.717, 1.165) is 14.8 Å². The van der Waals surface area contributed by atoms with Gasteiger partial charge in [-0.25, -0.2) is 0 Å². The first-order valence-electron chi connectivity index (χ1n) is 8.86. The molecule has 5 nitrogen and oxygen atoms in total. The fraction of sp³-hybridized carbons (Fsp3) is 0.0435. The summed E-state index contributed by atoms with van der Waals surface area (Å²) in [5.41, 5.74) is 9.18. The summed E-state index contributed by atoms with van der Waals surface area (Å²) in [7, 11) is 0. The molecule has 1 aliphatic heterocycles. The quantitative estimate of drug-likeness (QED) is 0.399. The number of hydrogen-bond acceptors (Lipinski definition) is 5. The fourth-order valence-electron chi connectivity index (χ4n) is 3.32. The minimum absolute atomic E-state index is 0.0310. The van der Waals surface area contributed by atoms with Crippen molar-refractivity contribution in [3.63, 3.8) is 0 Å². The number of para-hydroxylation sites is 1. The molecule has 1 unspecified atom stereocenters. The molecule has 0 saturated heterocycles. The third-order valence-electron chi connectivity index (χ3n) is 4.69. The van der Waals surface area contributed by atoms with Crippen LogP contribution in [0.3, 0.4) is 0 Å². The number of phenolic OH excluding ortho intramolecular Hbond substituents is 1. The molecule has 4 rings (SSSR count). The molecular formula is C23H16IN3O2. The van der Waals surface area contributed by atoms with E-state index in [1.54, 1.807) is 18.3 Å². The second kappa shape index (κ2) is 7.97. The van der Waals surface area contributed by atoms with E-state index >= 15 is 0 Å². The molecule has 6 heteroatoms. The van der Waals surface area contributed by atoms with Gasteiger partial charge in [0.2, 0.25) is 5.88 Å². The number of aliphatic imine (C=N–C) groups is 1. The van der Waals surface area contributed by atoms with E-state index in [2.05, 4.69) is 33.7 Å². The number of allylic oxidation sites excluding steroid dienone is 1. The van der Waals surface area contributed by atoms with Gasteiger partial charge in [-0.2, -0.15) is 5.26 Å². The summed E-state index contributed by atoms with van der Waals surface area (Å²) in [6.45, 7) is 0. The lowest BCUT2D eigenvalue weighted by molar-refractivity contribution is 0.382. The molecule has 3 aromatic rings. The average Bonchev–Trinajstić information content (AvgIpc) is 2.74. The smallest absolute Gasteiger partial charge is 0.205 e. The molecule has 0 spiro atoms. The Morgan fingerprint density at radius 3 is 2.48 bits per heavy atom. The van der Waals surface area contributed by atoms with Crippen LogP contribution in [0, 0.1) is 14.9 Å². The Labute approximate surface area is 181 Å². The Bertz CT molecular complexity index is 1160. The maximum atomic E-state index is 10.7. The Balaban J connectivity index is 1.87. The summed E-state index contributed by atoms with van der Waals surface area (Å²) in [6.07, 6.45) is 1.67. The Kier molecular flexibility index (Phi) is 5.23. The van der Waals surface area contributed by atoms with Gasteiger partial charge in [0.25, 0.3) is 0 Å². The molecule has 0 radical (unpaired) electrons. The first-order valence-corrected chi connectivity index (χ1v) is 9.94. The van der Waals surface area contributed by atoms with Crippen molar-refractivity contribution in [1.29, 1.82) is 5.26 Å². The SMILES string of the molecule is N#CC1=C(N)Oc2c(C=Nc3ccccc3)ccc(O)c2C1c1ccc(I)cc1. The van der Waals surface area contributed by atoms with Crippen molar-refractivity contribution in [2.75, 3.05) is 0 Å². The number of halogens is 1. The van der Waals surface area contributed by atoms with Crippen molar-refractivity contribution >= 4 is 34.5 Å². The molecule has 3 aromatic carbocycles. The Hall–Kier alpha value is -3.31. The number of nitrogens with zero attached hydrogens (tertiary/aromatic N) is 2. The second-order valence-corrected chi connectivity index (χ2v) is 7.73. The number of nitrogens with two attached hydrogens (primary N) is 1. The van der Waals surface area contributed by atoms with E-state index in [-0.39, 0.29) is 17.2 Å². The van der Waals surface area contributed by atoms with E-state index in [4.69, 9.17) is 10.5 Å². The van der Waals surface area contributed by atoms with Crippen molar-refractivity contribution in [3.05, 3.63) is 98.4 Å². The summed E-state index contributed by atoms with van der Waals surface area (Å²) in [5.74, 6) is -0.0419. The molecule has 0 aromatic heterocycles. The monoisotopic (exact) mass is 493 g/mol. The Morgan fingerprint density at radius 1 is 1.07 bits per heavy atom. The topological polar surface area (TPSA) is 91.6 Å². The number of rotatable bonds is 3. The molecule has 29 heavy (non-hydrogen) atoms. The van der Waals surface area contributed by atoms with Crippen LogP contribution in [-0.4, -0.2) is 11.3 Å². The predicted molar refractivity (Wildman–Crippen MR) is 120 cm³/mol. The number of ether oxygens (including phenoxy) is 1. The second-order valence-electron chi connectivity index (χ2n) is 6.49. The molecule has 142 valence electrons. The zero-order valence-electron chi connectivity index (χ0n) is 15.2. The average molecular weight is 493 g/mol. The van der Waals surface area contributed by atoms with Gasteiger partial charge in [-0.1, -0.05) is 30.3 Å². The van der Waals surface area contributed by atoms with Gasteiger partial charge in [-0.3, -0.25) is 4.99 Å². The van der Waals surface area contributed by atoms with Crippen LogP contribution in [0.2, 0.25) is 0 Å². The van der Waals surface area contributed by atoms with Crippen LogP contribution < -0.4 is 10.5 Å². The minimum Gasteiger partial charge on any atom is -0.507 e. The predicted octanol–water partition coefficient (Wildman–Crippen LogP) is 4.97. The lowest BCUT2D eigenvalue weighted by Crippen LogP contribution is -2.22. The van der Waals surface area contributed by atoms with Gasteiger partial charge >= 0.3 is 0 Å². The third-order valence-corrected chi connectivity index (χ3v) is 5.41. The van der Waals surface area contributed by atoms with Gasteiger partial charge in [-0.05, 0) is 64.6 Å². The van der Waals surface area contributed by atoms with Crippen LogP contribution in [0.25, 0.3) is 0 Å². The highest BCUT2D eigenvalue weighted by molar-refractivity contribution is 14.1. The molecule has 0 amide bonds. The summed E-state index contributed by atoms with van der Waals surface area (Å²) < 4.78 is 6.86. The standard InChI is InChI=1S/C23H16IN3O2/c24-16-9-6-14(7-10-16)20-18(12-25)23(26)29-22-15(8-11-19(28)21(20)22)13-27-17-4-2-1-3-5-17/h1-11,13,20,28H,26H2. The van der Waals surface area contributed by atoms with Crippen LogP contribution in [0.1, 0.15) is 22.6 Å². The number of phenols is 1. The lowest BCUT2D eigenvalue weighted by Gasteiger charge is -2.28. The van der Waals surface area contributed by atoms with Gasteiger partial charge in [0.05, 0.1) is 17.2 Å². The van der Waals surface area contributed by atoms with Crippen molar-refractivity contribution in [3.8, 4) is 17.6 Å².